The maximum absolute atomic E-state index is 12.8. The predicted octanol–water partition coefficient (Wildman–Crippen LogP) is 1.29. The molecule has 3 heterocycles. The zero-order valence-electron chi connectivity index (χ0n) is 16.9. The molecule has 2 aliphatic heterocycles. The van der Waals surface area contributed by atoms with Gasteiger partial charge in [0.1, 0.15) is 6.10 Å². The molecule has 3 unspecified atom stereocenters. The number of fused-ring (bicyclic) bond motifs is 1. The van der Waals surface area contributed by atoms with Gasteiger partial charge in [0.05, 0.1) is 0 Å². The van der Waals surface area contributed by atoms with Crippen LogP contribution in [0.25, 0.3) is 0 Å². The Morgan fingerprint density at radius 3 is 2.33 bits per heavy atom. The minimum Gasteiger partial charge on any atom is -0.482 e. The Bertz CT molecular complexity index is 901. The number of esters is 1. The van der Waals surface area contributed by atoms with Crippen LogP contribution in [0, 0.1) is 0 Å². The number of hydrogen-bond acceptors (Lipinski definition) is 8. The average Bonchev–Trinajstić information content (AvgIpc) is 2.78. The van der Waals surface area contributed by atoms with E-state index in [0.717, 1.165) is 0 Å². The first-order valence-electron chi connectivity index (χ1n) is 9.96. The molecular formula is C21H24N4O5. The van der Waals surface area contributed by atoms with E-state index in [9.17, 15) is 9.59 Å². The Balaban J connectivity index is 1.31. The van der Waals surface area contributed by atoms with Gasteiger partial charge in [-0.1, -0.05) is 12.1 Å². The van der Waals surface area contributed by atoms with Crippen molar-refractivity contribution in [2.75, 3.05) is 31.1 Å². The summed E-state index contributed by atoms with van der Waals surface area (Å²) in [4.78, 5) is 37.6. The zero-order valence-corrected chi connectivity index (χ0v) is 16.9. The SMILES string of the molecule is CC(OC(=O)C1Oc2ccccc2OC1C)C(=O)N1CCN(c2ncccn2)CC1. The fraction of sp³-hybridized carbons (Fsp3) is 0.429. The van der Waals surface area contributed by atoms with Crippen LogP contribution in [0.3, 0.4) is 0 Å². The zero-order chi connectivity index (χ0) is 21.1. The van der Waals surface area contributed by atoms with Gasteiger partial charge >= 0.3 is 5.97 Å². The van der Waals surface area contributed by atoms with Gasteiger partial charge in [0.15, 0.2) is 17.6 Å². The first kappa shape index (κ1) is 19.9. The van der Waals surface area contributed by atoms with Gasteiger partial charge in [-0.05, 0) is 32.0 Å². The first-order valence-corrected chi connectivity index (χ1v) is 9.96. The number of para-hydroxylation sites is 2. The second-order valence-electron chi connectivity index (χ2n) is 7.25. The summed E-state index contributed by atoms with van der Waals surface area (Å²) in [6.45, 7) is 5.56. The topological polar surface area (TPSA) is 94.1 Å². The van der Waals surface area contributed by atoms with Gasteiger partial charge in [-0.25, -0.2) is 14.8 Å². The van der Waals surface area contributed by atoms with E-state index < -0.39 is 24.3 Å². The van der Waals surface area contributed by atoms with Crippen LogP contribution in [0.15, 0.2) is 42.7 Å². The van der Waals surface area contributed by atoms with E-state index in [0.29, 0.717) is 43.6 Å². The van der Waals surface area contributed by atoms with Gasteiger partial charge in [0, 0.05) is 38.6 Å². The van der Waals surface area contributed by atoms with Crippen LogP contribution in [0.4, 0.5) is 5.95 Å². The number of nitrogens with zero attached hydrogens (tertiary/aromatic N) is 4. The summed E-state index contributed by atoms with van der Waals surface area (Å²) < 4.78 is 16.9. The lowest BCUT2D eigenvalue weighted by Gasteiger charge is -2.36. The largest absolute Gasteiger partial charge is 0.482 e. The molecular weight excluding hydrogens is 388 g/mol. The minimum absolute atomic E-state index is 0.234. The summed E-state index contributed by atoms with van der Waals surface area (Å²) in [7, 11) is 0. The molecule has 4 rings (SSSR count). The van der Waals surface area contributed by atoms with Gasteiger partial charge in [-0.3, -0.25) is 4.79 Å². The number of aromatic nitrogens is 2. The minimum atomic E-state index is -0.928. The Morgan fingerprint density at radius 2 is 1.67 bits per heavy atom. The van der Waals surface area contributed by atoms with Gasteiger partial charge in [0.2, 0.25) is 12.1 Å². The molecule has 0 radical (unpaired) electrons. The Hall–Kier alpha value is -3.36. The molecule has 2 aliphatic rings. The summed E-state index contributed by atoms with van der Waals surface area (Å²) in [5.41, 5.74) is 0. The van der Waals surface area contributed by atoms with Crippen molar-refractivity contribution in [1.82, 2.24) is 14.9 Å². The number of carbonyl (C=O) groups is 2. The summed E-state index contributed by atoms with van der Waals surface area (Å²) >= 11 is 0. The third kappa shape index (κ3) is 4.14. The highest BCUT2D eigenvalue weighted by Crippen LogP contribution is 2.33. The fourth-order valence-corrected chi connectivity index (χ4v) is 3.51. The smallest absolute Gasteiger partial charge is 0.352 e. The molecule has 9 nitrogen and oxygen atoms in total. The average molecular weight is 412 g/mol. The maximum Gasteiger partial charge on any atom is 0.352 e. The Kier molecular flexibility index (Phi) is 5.69. The highest BCUT2D eigenvalue weighted by molar-refractivity contribution is 5.85. The van der Waals surface area contributed by atoms with Crippen molar-refractivity contribution < 1.29 is 23.8 Å². The molecule has 1 aromatic heterocycles. The van der Waals surface area contributed by atoms with E-state index in [4.69, 9.17) is 14.2 Å². The molecule has 9 heteroatoms. The van der Waals surface area contributed by atoms with Crippen LogP contribution in [-0.2, 0) is 14.3 Å². The normalized spacial score (nSPS) is 21.7. The van der Waals surface area contributed by atoms with Crippen molar-refractivity contribution in [3.05, 3.63) is 42.7 Å². The number of benzene rings is 1. The molecule has 30 heavy (non-hydrogen) atoms. The van der Waals surface area contributed by atoms with E-state index in [1.807, 2.05) is 11.0 Å². The molecule has 0 saturated carbocycles. The number of amides is 1. The second-order valence-corrected chi connectivity index (χ2v) is 7.25. The van der Waals surface area contributed by atoms with Crippen LogP contribution >= 0.6 is 0 Å². The van der Waals surface area contributed by atoms with E-state index in [1.54, 1.807) is 55.4 Å². The molecule has 0 N–H and O–H groups in total. The summed E-state index contributed by atoms with van der Waals surface area (Å²) in [5.74, 6) is 0.859. The van der Waals surface area contributed by atoms with Crippen molar-refractivity contribution in [1.29, 1.82) is 0 Å². The van der Waals surface area contributed by atoms with Gasteiger partial charge in [-0.15, -0.1) is 0 Å². The maximum atomic E-state index is 12.8. The Labute approximate surface area is 174 Å². The van der Waals surface area contributed by atoms with Crippen LogP contribution in [0.1, 0.15) is 13.8 Å². The lowest BCUT2D eigenvalue weighted by atomic mass is 10.2. The molecule has 0 spiro atoms. The van der Waals surface area contributed by atoms with Crippen LogP contribution in [0.5, 0.6) is 11.5 Å². The molecule has 0 bridgehead atoms. The molecule has 2 aromatic rings. The third-order valence-corrected chi connectivity index (χ3v) is 5.14. The van der Waals surface area contributed by atoms with Crippen molar-refractivity contribution in [3.63, 3.8) is 0 Å². The number of anilines is 1. The highest BCUT2D eigenvalue weighted by Gasteiger charge is 2.37. The van der Waals surface area contributed by atoms with Crippen LogP contribution in [0.2, 0.25) is 0 Å². The van der Waals surface area contributed by atoms with Crippen molar-refractivity contribution in [2.45, 2.75) is 32.2 Å². The van der Waals surface area contributed by atoms with Crippen LogP contribution in [-0.4, -0.2) is 71.2 Å². The Morgan fingerprint density at radius 1 is 1.03 bits per heavy atom. The van der Waals surface area contributed by atoms with Crippen LogP contribution < -0.4 is 14.4 Å². The number of ether oxygens (including phenoxy) is 3. The van der Waals surface area contributed by atoms with E-state index >= 15 is 0 Å². The lowest BCUT2D eigenvalue weighted by molar-refractivity contribution is -0.169. The van der Waals surface area contributed by atoms with E-state index in [1.165, 1.54) is 0 Å². The highest BCUT2D eigenvalue weighted by atomic mass is 16.6. The van der Waals surface area contributed by atoms with Crippen molar-refractivity contribution in [2.24, 2.45) is 0 Å². The molecule has 3 atom stereocenters. The molecule has 1 amide bonds. The molecule has 1 saturated heterocycles. The van der Waals surface area contributed by atoms with E-state index in [-0.39, 0.29) is 5.91 Å². The molecule has 1 aromatic carbocycles. The van der Waals surface area contributed by atoms with Gasteiger partial charge in [0.25, 0.3) is 5.91 Å². The monoisotopic (exact) mass is 412 g/mol. The number of hydrogen-bond donors (Lipinski definition) is 0. The second kappa shape index (κ2) is 8.56. The quantitative estimate of drug-likeness (QED) is 0.694. The third-order valence-electron chi connectivity index (χ3n) is 5.14. The van der Waals surface area contributed by atoms with Crippen molar-refractivity contribution in [3.8, 4) is 11.5 Å². The lowest BCUT2D eigenvalue weighted by Crippen LogP contribution is -2.53. The fourth-order valence-electron chi connectivity index (χ4n) is 3.51. The molecule has 0 aliphatic carbocycles. The van der Waals surface area contributed by atoms with Crippen molar-refractivity contribution >= 4 is 17.8 Å². The number of piperazine rings is 1. The summed E-state index contributed by atoms with van der Waals surface area (Å²) in [6, 6.07) is 8.90. The summed E-state index contributed by atoms with van der Waals surface area (Å²) in [5, 5.41) is 0. The standard InChI is InChI=1S/C21H24N4O5/c1-14-18(30-17-7-4-3-6-16(17)28-14)20(27)29-15(2)19(26)24-10-12-25(13-11-24)21-22-8-5-9-23-21/h3-9,14-15,18H,10-13H2,1-2H3. The molecule has 1 fully saturated rings. The number of rotatable bonds is 4. The van der Waals surface area contributed by atoms with E-state index in [2.05, 4.69) is 9.97 Å². The predicted molar refractivity (Wildman–Crippen MR) is 107 cm³/mol. The molecule has 158 valence electrons. The van der Waals surface area contributed by atoms with Gasteiger partial charge in [-0.2, -0.15) is 0 Å². The summed E-state index contributed by atoms with van der Waals surface area (Å²) in [6.07, 6.45) is 1.02. The van der Waals surface area contributed by atoms with Gasteiger partial charge < -0.3 is 24.0 Å². The number of carbonyl (C=O) groups excluding carboxylic acids is 2. The first-order chi connectivity index (χ1) is 14.5.